The van der Waals surface area contributed by atoms with Gasteiger partial charge in [0.2, 0.25) is 17.7 Å². The SMILES string of the molecule is CC(=O)NCCCNC(=O)[C@H](Cc1ccc(OP(=O)(O)O)cc1)NC(=O)Cc1cc(=O)oc2cc(O)ccc12. The van der Waals surface area contributed by atoms with Crippen LogP contribution >= 0.6 is 7.82 Å². The first-order chi connectivity index (χ1) is 18.4. The third-order valence-electron chi connectivity index (χ3n) is 5.43. The maximum Gasteiger partial charge on any atom is 0.524 e. The maximum atomic E-state index is 13.0. The fourth-order valence-electron chi connectivity index (χ4n) is 3.74. The number of phenols is 1. The summed E-state index contributed by atoms with van der Waals surface area (Å²) in [6.07, 6.45) is 0.234. The molecule has 0 aliphatic rings. The number of rotatable bonds is 12. The second-order valence-electron chi connectivity index (χ2n) is 8.63. The van der Waals surface area contributed by atoms with Gasteiger partial charge in [-0.25, -0.2) is 9.36 Å². The molecule has 0 fully saturated rings. The highest BCUT2D eigenvalue weighted by Crippen LogP contribution is 2.37. The lowest BCUT2D eigenvalue weighted by atomic mass is 10.0. The number of aromatic hydroxyl groups is 1. The van der Waals surface area contributed by atoms with Crippen LogP contribution in [0.15, 0.2) is 57.7 Å². The van der Waals surface area contributed by atoms with Crippen molar-refractivity contribution in [3.8, 4) is 11.5 Å². The van der Waals surface area contributed by atoms with Gasteiger partial charge in [0.15, 0.2) is 0 Å². The summed E-state index contributed by atoms with van der Waals surface area (Å²) in [6, 6.07) is 9.92. The van der Waals surface area contributed by atoms with Crippen LogP contribution in [-0.2, 0) is 31.8 Å². The van der Waals surface area contributed by atoms with Gasteiger partial charge in [-0.1, -0.05) is 12.1 Å². The van der Waals surface area contributed by atoms with Crippen LogP contribution in [0.3, 0.4) is 0 Å². The Morgan fingerprint density at radius 3 is 2.38 bits per heavy atom. The summed E-state index contributed by atoms with van der Waals surface area (Å²) >= 11 is 0. The van der Waals surface area contributed by atoms with Gasteiger partial charge in [-0.15, -0.1) is 0 Å². The van der Waals surface area contributed by atoms with Crippen LogP contribution in [-0.4, -0.2) is 51.7 Å². The zero-order valence-corrected chi connectivity index (χ0v) is 21.8. The van der Waals surface area contributed by atoms with Crippen LogP contribution in [0.25, 0.3) is 11.0 Å². The molecule has 0 aliphatic heterocycles. The van der Waals surface area contributed by atoms with Gasteiger partial charge in [0.1, 0.15) is 23.1 Å². The monoisotopic (exact) mass is 561 g/mol. The number of nitrogens with one attached hydrogen (secondary N) is 3. The summed E-state index contributed by atoms with van der Waals surface area (Å²) in [5.41, 5.74) is 0.304. The second kappa shape index (κ2) is 13.1. The molecule has 3 rings (SSSR count). The zero-order valence-electron chi connectivity index (χ0n) is 20.9. The van der Waals surface area contributed by atoms with Crippen molar-refractivity contribution in [3.63, 3.8) is 0 Å². The maximum absolute atomic E-state index is 13.0. The van der Waals surface area contributed by atoms with Gasteiger partial charge < -0.3 is 30.0 Å². The Kier molecular flexibility index (Phi) is 9.83. The molecule has 208 valence electrons. The molecule has 0 unspecified atom stereocenters. The van der Waals surface area contributed by atoms with Crippen LogP contribution in [0.2, 0.25) is 0 Å². The molecule has 1 heterocycles. The van der Waals surface area contributed by atoms with E-state index >= 15 is 0 Å². The summed E-state index contributed by atoms with van der Waals surface area (Å²) in [5, 5.41) is 18.1. The Morgan fingerprint density at radius 2 is 1.72 bits per heavy atom. The van der Waals surface area contributed by atoms with Gasteiger partial charge in [-0.2, -0.15) is 0 Å². The Bertz CT molecular complexity index is 1450. The highest BCUT2D eigenvalue weighted by atomic mass is 31.2. The van der Waals surface area contributed by atoms with Crippen molar-refractivity contribution in [2.24, 2.45) is 0 Å². The van der Waals surface area contributed by atoms with Gasteiger partial charge in [0.25, 0.3) is 0 Å². The fraction of sp³-hybridized carbons (Fsp3) is 0.280. The molecule has 0 spiro atoms. The highest BCUT2D eigenvalue weighted by Gasteiger charge is 2.23. The average molecular weight is 561 g/mol. The van der Waals surface area contributed by atoms with E-state index in [2.05, 4.69) is 20.5 Å². The summed E-state index contributed by atoms with van der Waals surface area (Å²) in [6.45, 7) is 1.96. The molecule has 3 aromatic rings. The van der Waals surface area contributed by atoms with E-state index < -0.39 is 31.3 Å². The average Bonchev–Trinajstić information content (AvgIpc) is 2.83. The predicted molar refractivity (Wildman–Crippen MR) is 139 cm³/mol. The van der Waals surface area contributed by atoms with E-state index in [1.165, 1.54) is 49.4 Å². The topological polar surface area (TPSA) is 204 Å². The Hall–Kier alpha value is -4.19. The lowest BCUT2D eigenvalue weighted by Gasteiger charge is -2.19. The summed E-state index contributed by atoms with van der Waals surface area (Å²) < 4.78 is 20.6. The molecule has 0 saturated carbocycles. The minimum absolute atomic E-state index is 0.0327. The third kappa shape index (κ3) is 9.56. The van der Waals surface area contributed by atoms with Crippen molar-refractivity contribution in [3.05, 3.63) is 70.1 Å². The van der Waals surface area contributed by atoms with Gasteiger partial charge in [-0.05, 0) is 41.8 Å². The minimum Gasteiger partial charge on any atom is -0.508 e. The van der Waals surface area contributed by atoms with E-state index in [0.717, 1.165) is 6.07 Å². The Balaban J connectivity index is 1.74. The number of phosphoric ester groups is 1. The number of benzene rings is 2. The fourth-order valence-corrected chi connectivity index (χ4v) is 4.14. The van der Waals surface area contributed by atoms with E-state index in [0.29, 0.717) is 29.5 Å². The molecule has 0 radical (unpaired) electrons. The van der Waals surface area contributed by atoms with Crippen molar-refractivity contribution in [1.29, 1.82) is 0 Å². The second-order valence-corrected chi connectivity index (χ2v) is 9.79. The van der Waals surface area contributed by atoms with E-state index in [4.69, 9.17) is 14.2 Å². The number of amides is 3. The van der Waals surface area contributed by atoms with E-state index in [1.807, 2.05) is 0 Å². The lowest BCUT2D eigenvalue weighted by molar-refractivity contribution is -0.128. The summed E-state index contributed by atoms with van der Waals surface area (Å²) in [7, 11) is -4.74. The van der Waals surface area contributed by atoms with Crippen molar-refractivity contribution >= 4 is 36.5 Å². The van der Waals surface area contributed by atoms with Gasteiger partial charge in [0.05, 0.1) is 6.42 Å². The van der Waals surface area contributed by atoms with Crippen molar-refractivity contribution in [2.45, 2.75) is 32.2 Å². The molecule has 6 N–H and O–H groups in total. The van der Waals surface area contributed by atoms with Crippen LogP contribution in [0.1, 0.15) is 24.5 Å². The first kappa shape index (κ1) is 29.4. The number of hydrogen-bond acceptors (Lipinski definition) is 8. The Morgan fingerprint density at radius 1 is 1.03 bits per heavy atom. The van der Waals surface area contributed by atoms with Crippen LogP contribution < -0.4 is 26.1 Å². The first-order valence-electron chi connectivity index (χ1n) is 11.8. The lowest BCUT2D eigenvalue weighted by Crippen LogP contribution is -2.48. The molecule has 1 atom stereocenters. The number of carbonyl (C=O) groups excluding carboxylic acids is 3. The Labute approximate surface area is 222 Å². The van der Waals surface area contributed by atoms with Crippen LogP contribution in [0.5, 0.6) is 11.5 Å². The van der Waals surface area contributed by atoms with E-state index in [1.54, 1.807) is 0 Å². The molecule has 0 aliphatic carbocycles. The number of hydrogen-bond donors (Lipinski definition) is 6. The van der Waals surface area contributed by atoms with Crippen LogP contribution in [0.4, 0.5) is 0 Å². The molecular formula is C25H28N3O10P. The van der Waals surface area contributed by atoms with E-state index in [-0.39, 0.29) is 42.4 Å². The normalized spacial score (nSPS) is 12.0. The quantitative estimate of drug-likeness (QED) is 0.105. The summed E-state index contributed by atoms with van der Waals surface area (Å²) in [5.74, 6) is -1.44. The number of phenolic OH excluding ortho intramolecular Hbond substituents is 1. The summed E-state index contributed by atoms with van der Waals surface area (Å²) in [4.78, 5) is 66.8. The van der Waals surface area contributed by atoms with Gasteiger partial charge in [0, 0.05) is 44.0 Å². The number of carbonyl (C=O) groups is 3. The van der Waals surface area contributed by atoms with Crippen LogP contribution in [0, 0.1) is 0 Å². The molecule has 1 aromatic heterocycles. The van der Waals surface area contributed by atoms with E-state index in [9.17, 15) is 28.8 Å². The van der Waals surface area contributed by atoms with Crippen molar-refractivity contribution in [1.82, 2.24) is 16.0 Å². The molecule has 0 bridgehead atoms. The highest BCUT2D eigenvalue weighted by molar-refractivity contribution is 7.46. The third-order valence-corrected chi connectivity index (χ3v) is 5.88. The molecule has 14 heteroatoms. The van der Waals surface area contributed by atoms with Crippen molar-refractivity contribution in [2.75, 3.05) is 13.1 Å². The minimum atomic E-state index is -4.74. The van der Waals surface area contributed by atoms with Crippen molar-refractivity contribution < 1.29 is 42.8 Å². The molecule has 3 amide bonds. The largest absolute Gasteiger partial charge is 0.524 e. The number of phosphoric acid groups is 1. The smallest absolute Gasteiger partial charge is 0.508 e. The first-order valence-corrected chi connectivity index (χ1v) is 13.3. The van der Waals surface area contributed by atoms with Gasteiger partial charge >= 0.3 is 13.4 Å². The number of fused-ring (bicyclic) bond motifs is 1. The molecule has 0 saturated heterocycles. The zero-order chi connectivity index (χ0) is 28.6. The molecule has 2 aromatic carbocycles. The standard InChI is InChI=1S/C25H28N3O10P/c1-15(29)26-9-2-10-27-25(33)21(11-16-3-6-19(7-4-16)38-39(34,35)36)28-23(31)12-17-13-24(32)37-22-14-18(30)5-8-20(17)22/h3-8,13-14,21,30H,2,9-12H2,1H3,(H,26,29)(H,27,33)(H,28,31)(H2,34,35,36)/t21-/m0/s1. The molecule has 13 nitrogen and oxygen atoms in total. The predicted octanol–water partition coefficient (Wildman–Crippen LogP) is 0.882. The van der Waals surface area contributed by atoms with Gasteiger partial charge in [-0.3, -0.25) is 24.2 Å². The molecular weight excluding hydrogens is 533 g/mol. The molecule has 39 heavy (non-hydrogen) atoms.